The summed E-state index contributed by atoms with van der Waals surface area (Å²) in [6.45, 7) is 0.870. The van der Waals surface area contributed by atoms with Crippen LogP contribution in [0.3, 0.4) is 0 Å². The highest BCUT2D eigenvalue weighted by molar-refractivity contribution is 7.89. The molecular formula is C30H31N3O4S2. The van der Waals surface area contributed by atoms with Crippen LogP contribution in [0.2, 0.25) is 0 Å². The minimum absolute atomic E-state index is 0.117. The highest BCUT2D eigenvalue weighted by atomic mass is 32.2. The maximum atomic E-state index is 14.1. The molecule has 1 heterocycles. The van der Waals surface area contributed by atoms with Crippen LogP contribution in [0.15, 0.2) is 131 Å². The van der Waals surface area contributed by atoms with Gasteiger partial charge < -0.3 is 5.32 Å². The van der Waals surface area contributed by atoms with Crippen molar-refractivity contribution in [2.75, 3.05) is 13.1 Å². The zero-order chi connectivity index (χ0) is 27.3. The molecular weight excluding hydrogens is 530 g/mol. The summed E-state index contributed by atoms with van der Waals surface area (Å²) in [6.07, 6.45) is 0. The molecule has 0 aromatic heterocycles. The molecule has 0 bridgehead atoms. The smallest absolute Gasteiger partial charge is 0.243 e. The fourth-order valence-corrected chi connectivity index (χ4v) is 8.31. The lowest BCUT2D eigenvalue weighted by molar-refractivity contribution is 0.219. The van der Waals surface area contributed by atoms with Crippen molar-refractivity contribution in [2.45, 2.75) is 35.0 Å². The minimum atomic E-state index is -3.96. The predicted molar refractivity (Wildman–Crippen MR) is 152 cm³/mol. The van der Waals surface area contributed by atoms with Crippen LogP contribution in [0.25, 0.3) is 0 Å². The van der Waals surface area contributed by atoms with Crippen LogP contribution < -0.4 is 5.32 Å². The highest BCUT2D eigenvalue weighted by Gasteiger charge is 2.45. The first-order valence-electron chi connectivity index (χ1n) is 12.8. The van der Waals surface area contributed by atoms with Gasteiger partial charge in [-0.1, -0.05) is 97.1 Å². The lowest BCUT2D eigenvalue weighted by atomic mass is 10.1. The first-order chi connectivity index (χ1) is 18.9. The molecule has 0 unspecified atom stereocenters. The van der Waals surface area contributed by atoms with Crippen molar-refractivity contribution in [3.63, 3.8) is 0 Å². The molecule has 9 heteroatoms. The van der Waals surface area contributed by atoms with Crippen LogP contribution in [-0.2, 0) is 33.1 Å². The van der Waals surface area contributed by atoms with Crippen molar-refractivity contribution < 1.29 is 16.8 Å². The van der Waals surface area contributed by atoms with Gasteiger partial charge in [0.2, 0.25) is 20.0 Å². The largest absolute Gasteiger partial charge is 0.313 e. The standard InChI is InChI=1S/C30H31N3O4S2/c34-38(35,27-17-9-3-10-18-27)32(23-25-13-5-1-6-14-25)29-21-31-22-30(29)33(24-26-15-7-2-8-16-26)39(36,37)28-19-11-4-12-20-28/h1-20,29-31H,21-24H2/t29-,30-/m0/s1. The van der Waals surface area contributed by atoms with Gasteiger partial charge in [-0.2, -0.15) is 8.61 Å². The van der Waals surface area contributed by atoms with Crippen LogP contribution in [0.1, 0.15) is 11.1 Å². The molecule has 1 N–H and O–H groups in total. The van der Waals surface area contributed by atoms with Crippen molar-refractivity contribution >= 4 is 20.0 Å². The number of sulfonamides is 2. The molecule has 0 amide bonds. The normalized spacial score (nSPS) is 18.0. The quantitative estimate of drug-likeness (QED) is 0.315. The van der Waals surface area contributed by atoms with Crippen LogP contribution in [0, 0.1) is 0 Å². The second-order valence-corrected chi connectivity index (χ2v) is 13.3. The van der Waals surface area contributed by atoms with E-state index in [0.29, 0.717) is 13.1 Å². The van der Waals surface area contributed by atoms with Gasteiger partial charge in [0.15, 0.2) is 0 Å². The summed E-state index contributed by atoms with van der Waals surface area (Å²) in [5, 5.41) is 3.29. The Balaban J connectivity index is 1.60. The predicted octanol–water partition coefficient (Wildman–Crippen LogP) is 4.11. The Bertz CT molecular complexity index is 1450. The van der Waals surface area contributed by atoms with Gasteiger partial charge in [0, 0.05) is 26.2 Å². The maximum absolute atomic E-state index is 14.1. The average molecular weight is 562 g/mol. The van der Waals surface area contributed by atoms with E-state index in [2.05, 4.69) is 5.32 Å². The molecule has 0 aliphatic carbocycles. The van der Waals surface area contributed by atoms with Crippen LogP contribution in [-0.4, -0.2) is 50.6 Å². The molecule has 5 rings (SSSR count). The van der Waals surface area contributed by atoms with Gasteiger partial charge in [0.1, 0.15) is 0 Å². The number of hydrogen-bond donors (Lipinski definition) is 1. The van der Waals surface area contributed by atoms with Crippen LogP contribution >= 0.6 is 0 Å². The Hall–Kier alpha value is -3.34. The van der Waals surface area contributed by atoms with Gasteiger partial charge in [-0.15, -0.1) is 0 Å². The molecule has 1 aliphatic rings. The van der Waals surface area contributed by atoms with E-state index < -0.39 is 32.1 Å². The molecule has 202 valence electrons. The third-order valence-electron chi connectivity index (χ3n) is 6.95. The Morgan fingerprint density at radius 3 is 1.15 bits per heavy atom. The SMILES string of the molecule is O=S(=O)(c1ccccc1)N(Cc1ccccc1)[C@H]1CNC[C@@H]1N(Cc1ccccc1)S(=O)(=O)c1ccccc1. The summed E-state index contributed by atoms with van der Waals surface area (Å²) in [6, 6.07) is 34.1. The molecule has 39 heavy (non-hydrogen) atoms. The van der Waals surface area contributed by atoms with Gasteiger partial charge in [0.05, 0.1) is 21.9 Å². The number of benzene rings is 4. The number of hydrogen-bond acceptors (Lipinski definition) is 5. The Morgan fingerprint density at radius 1 is 0.513 bits per heavy atom. The summed E-state index contributed by atoms with van der Waals surface area (Å²) < 4.78 is 59.3. The number of nitrogens with one attached hydrogen (secondary N) is 1. The molecule has 1 fully saturated rings. The van der Waals surface area contributed by atoms with Crippen LogP contribution in [0.4, 0.5) is 0 Å². The van der Waals surface area contributed by atoms with E-state index in [1.807, 2.05) is 60.7 Å². The summed E-state index contributed by atoms with van der Waals surface area (Å²) >= 11 is 0. The third-order valence-corrected chi connectivity index (χ3v) is 10.7. The molecule has 7 nitrogen and oxygen atoms in total. The molecule has 0 spiro atoms. The molecule has 4 aromatic rings. The van der Waals surface area contributed by atoms with Gasteiger partial charge >= 0.3 is 0 Å². The second kappa shape index (κ2) is 11.8. The Morgan fingerprint density at radius 2 is 0.821 bits per heavy atom. The lowest BCUT2D eigenvalue weighted by Crippen LogP contribution is -2.54. The van der Waals surface area contributed by atoms with Crippen molar-refractivity contribution in [1.29, 1.82) is 0 Å². The van der Waals surface area contributed by atoms with Crippen molar-refractivity contribution in [2.24, 2.45) is 0 Å². The number of rotatable bonds is 10. The van der Waals surface area contributed by atoms with Crippen molar-refractivity contribution in [3.8, 4) is 0 Å². The fourth-order valence-electron chi connectivity index (χ4n) is 4.98. The van der Waals surface area contributed by atoms with Gasteiger partial charge in [-0.3, -0.25) is 0 Å². The van der Waals surface area contributed by atoms with E-state index in [0.717, 1.165) is 11.1 Å². The molecule has 2 atom stereocenters. The summed E-state index contributed by atoms with van der Waals surface area (Å²) in [4.78, 5) is 0.346. The van der Waals surface area contributed by atoms with E-state index in [-0.39, 0.29) is 22.9 Å². The first kappa shape index (κ1) is 27.2. The van der Waals surface area contributed by atoms with Gasteiger partial charge in [0.25, 0.3) is 0 Å². The van der Waals surface area contributed by atoms with E-state index in [1.165, 1.54) is 8.61 Å². The zero-order valence-electron chi connectivity index (χ0n) is 21.4. The lowest BCUT2D eigenvalue weighted by Gasteiger charge is -2.37. The van der Waals surface area contributed by atoms with E-state index in [9.17, 15) is 16.8 Å². The summed E-state index contributed by atoms with van der Waals surface area (Å²) in [5.41, 5.74) is 1.64. The number of nitrogens with zero attached hydrogens (tertiary/aromatic N) is 2. The van der Waals surface area contributed by atoms with E-state index >= 15 is 0 Å². The van der Waals surface area contributed by atoms with Gasteiger partial charge in [-0.25, -0.2) is 16.8 Å². The first-order valence-corrected chi connectivity index (χ1v) is 15.7. The Kier molecular flexibility index (Phi) is 8.25. The molecule has 1 aliphatic heterocycles. The van der Waals surface area contributed by atoms with Crippen molar-refractivity contribution in [1.82, 2.24) is 13.9 Å². The molecule has 4 aromatic carbocycles. The molecule has 1 saturated heterocycles. The van der Waals surface area contributed by atoms with E-state index in [4.69, 9.17) is 0 Å². The van der Waals surface area contributed by atoms with Gasteiger partial charge in [-0.05, 0) is 35.4 Å². The third kappa shape index (κ3) is 5.98. The van der Waals surface area contributed by atoms with Crippen molar-refractivity contribution in [3.05, 3.63) is 132 Å². The summed E-state index contributed by atoms with van der Waals surface area (Å²) in [7, 11) is -7.92. The molecule has 0 saturated carbocycles. The second-order valence-electron chi connectivity index (χ2n) is 9.49. The Labute approximate surface area is 230 Å². The minimum Gasteiger partial charge on any atom is -0.313 e. The molecule has 0 radical (unpaired) electrons. The highest BCUT2D eigenvalue weighted by Crippen LogP contribution is 2.30. The van der Waals surface area contributed by atoms with E-state index in [1.54, 1.807) is 60.7 Å². The van der Waals surface area contributed by atoms with Crippen LogP contribution in [0.5, 0.6) is 0 Å². The summed E-state index contributed by atoms with van der Waals surface area (Å²) in [5.74, 6) is 0. The fraction of sp³-hybridized carbons (Fsp3) is 0.200. The average Bonchev–Trinajstić information content (AvgIpc) is 3.45. The topological polar surface area (TPSA) is 86.8 Å². The monoisotopic (exact) mass is 561 g/mol. The maximum Gasteiger partial charge on any atom is 0.243 e. The zero-order valence-corrected chi connectivity index (χ0v) is 23.0.